The van der Waals surface area contributed by atoms with E-state index in [4.69, 9.17) is 23.2 Å². The van der Waals surface area contributed by atoms with Crippen LogP contribution in [0, 0.1) is 0 Å². The molecule has 15 heavy (non-hydrogen) atoms. The van der Waals surface area contributed by atoms with Crippen molar-refractivity contribution in [1.29, 1.82) is 0 Å². The van der Waals surface area contributed by atoms with Gasteiger partial charge >= 0.3 is 0 Å². The number of carbonyl (C=O) groups excluding carboxylic acids is 2. The topological polar surface area (TPSA) is 37.4 Å². The van der Waals surface area contributed by atoms with Crippen LogP contribution in [0.25, 0.3) is 0 Å². The first kappa shape index (κ1) is 10.5. The van der Waals surface area contributed by atoms with E-state index in [1.54, 1.807) is 18.2 Å². The van der Waals surface area contributed by atoms with Gasteiger partial charge in [0.25, 0.3) is 0 Å². The van der Waals surface area contributed by atoms with Gasteiger partial charge in [-0.3, -0.25) is 9.59 Å². The Kier molecular flexibility index (Phi) is 2.67. The lowest BCUT2D eigenvalue weighted by Gasteiger charge is -2.17. The van der Waals surface area contributed by atoms with Crippen LogP contribution in [0.1, 0.15) is 6.42 Å². The van der Waals surface area contributed by atoms with Gasteiger partial charge in [-0.1, -0.05) is 29.3 Å². The van der Waals surface area contributed by atoms with Crippen LogP contribution in [-0.2, 0) is 9.59 Å². The van der Waals surface area contributed by atoms with Crippen LogP contribution in [0.2, 0.25) is 10.0 Å². The lowest BCUT2D eigenvalue weighted by atomic mass is 10.3. The number of halogens is 2. The highest BCUT2D eigenvalue weighted by molar-refractivity contribution is 6.40. The van der Waals surface area contributed by atoms with Crippen molar-refractivity contribution in [3.05, 3.63) is 28.2 Å². The summed E-state index contributed by atoms with van der Waals surface area (Å²) in [6, 6.07) is 4.97. The Hall–Kier alpha value is -1.06. The molecule has 0 aromatic heterocycles. The Bertz CT molecular complexity index is 425. The van der Waals surface area contributed by atoms with Gasteiger partial charge in [-0.25, -0.2) is 0 Å². The zero-order valence-corrected chi connectivity index (χ0v) is 9.18. The number of Topliss-reactive ketones (excluding diaryl/α,β-unsaturated/α-hetero) is 1. The fourth-order valence-electron chi connectivity index (χ4n) is 1.54. The largest absolute Gasteiger partial charge is 0.302 e. The van der Waals surface area contributed by atoms with Crippen molar-refractivity contribution in [3.63, 3.8) is 0 Å². The first-order valence-electron chi connectivity index (χ1n) is 4.35. The van der Waals surface area contributed by atoms with E-state index in [2.05, 4.69) is 0 Å². The fraction of sp³-hybridized carbons (Fsp3) is 0.200. The molecule has 5 heteroatoms. The molecule has 1 aromatic carbocycles. The third-order valence-corrected chi connectivity index (χ3v) is 2.80. The van der Waals surface area contributed by atoms with Gasteiger partial charge in [0.05, 0.1) is 28.7 Å². The van der Waals surface area contributed by atoms with E-state index in [0.29, 0.717) is 15.7 Å². The second-order valence-corrected chi connectivity index (χ2v) is 4.08. The molecule has 1 aliphatic rings. The summed E-state index contributed by atoms with van der Waals surface area (Å²) in [4.78, 5) is 23.9. The molecule has 0 spiro atoms. The van der Waals surface area contributed by atoms with Crippen LogP contribution >= 0.6 is 23.2 Å². The molecule has 1 fully saturated rings. The molecule has 0 atom stereocenters. The monoisotopic (exact) mass is 243 g/mol. The summed E-state index contributed by atoms with van der Waals surface area (Å²) in [5, 5.41) is 0.760. The molecule has 1 saturated heterocycles. The number of hydrogen-bond donors (Lipinski definition) is 0. The predicted molar refractivity (Wildman–Crippen MR) is 58.4 cm³/mol. The highest BCUT2D eigenvalue weighted by Gasteiger charge is 2.31. The van der Waals surface area contributed by atoms with Crippen molar-refractivity contribution >= 4 is 40.6 Å². The third-order valence-electron chi connectivity index (χ3n) is 2.19. The van der Waals surface area contributed by atoms with Crippen LogP contribution < -0.4 is 4.90 Å². The fourth-order valence-corrected chi connectivity index (χ4v) is 2.14. The molecule has 2 rings (SSSR count). The molecule has 0 aliphatic carbocycles. The first-order chi connectivity index (χ1) is 7.09. The Balaban J connectivity index is 2.46. The molecule has 1 aliphatic heterocycles. The van der Waals surface area contributed by atoms with Crippen LogP contribution in [0.15, 0.2) is 18.2 Å². The van der Waals surface area contributed by atoms with E-state index in [1.165, 1.54) is 4.90 Å². The molecule has 0 N–H and O–H groups in total. The minimum atomic E-state index is -0.255. The Labute approximate surface area is 96.6 Å². The molecule has 0 bridgehead atoms. The van der Waals surface area contributed by atoms with Gasteiger partial charge in [-0.05, 0) is 12.1 Å². The number of hydrogen-bond acceptors (Lipinski definition) is 2. The average Bonchev–Trinajstić information content (AvgIpc) is 2.45. The lowest BCUT2D eigenvalue weighted by molar-refractivity contribution is -0.121. The van der Waals surface area contributed by atoms with Crippen molar-refractivity contribution in [1.82, 2.24) is 0 Å². The highest BCUT2D eigenvalue weighted by atomic mass is 35.5. The number of ketones is 1. The van der Waals surface area contributed by atoms with Crippen LogP contribution in [0.5, 0.6) is 0 Å². The summed E-state index contributed by atoms with van der Waals surface area (Å²) in [6.07, 6.45) is -0.0679. The number of amides is 1. The standard InChI is InChI=1S/C10H7Cl2NO2/c11-7-2-1-3-8(12)10(7)13-5-6(14)4-9(13)15/h1-3H,4-5H2. The summed E-state index contributed by atoms with van der Waals surface area (Å²) >= 11 is 11.9. The van der Waals surface area contributed by atoms with Gasteiger partial charge in [0.2, 0.25) is 5.91 Å². The van der Waals surface area contributed by atoms with E-state index in [0.717, 1.165) is 0 Å². The van der Waals surface area contributed by atoms with Crippen LogP contribution in [0.4, 0.5) is 5.69 Å². The van der Waals surface area contributed by atoms with Crippen molar-refractivity contribution < 1.29 is 9.59 Å². The normalized spacial score (nSPS) is 16.3. The second-order valence-electron chi connectivity index (χ2n) is 3.27. The molecular formula is C10H7Cl2NO2. The summed E-state index contributed by atoms with van der Waals surface area (Å²) in [5.74, 6) is -0.369. The highest BCUT2D eigenvalue weighted by Crippen LogP contribution is 2.35. The van der Waals surface area contributed by atoms with Crippen molar-refractivity contribution in [2.45, 2.75) is 6.42 Å². The van der Waals surface area contributed by atoms with Crippen LogP contribution in [0.3, 0.4) is 0 Å². The van der Waals surface area contributed by atoms with Gasteiger partial charge in [-0.15, -0.1) is 0 Å². The first-order valence-corrected chi connectivity index (χ1v) is 5.11. The molecular weight excluding hydrogens is 237 g/mol. The number of rotatable bonds is 1. The van der Waals surface area contributed by atoms with E-state index < -0.39 is 0 Å². The summed E-state index contributed by atoms with van der Waals surface area (Å²) in [5.41, 5.74) is 0.427. The number of anilines is 1. The Morgan fingerprint density at radius 3 is 2.20 bits per heavy atom. The van der Waals surface area contributed by atoms with E-state index >= 15 is 0 Å². The maximum atomic E-state index is 11.5. The molecule has 0 unspecified atom stereocenters. The summed E-state index contributed by atoms with van der Waals surface area (Å²) in [7, 11) is 0. The predicted octanol–water partition coefficient (Wildman–Crippen LogP) is 2.30. The van der Waals surface area contributed by atoms with Gasteiger partial charge in [0.1, 0.15) is 0 Å². The summed E-state index contributed by atoms with van der Waals surface area (Å²) in [6.45, 7) is 0.0578. The molecule has 1 amide bonds. The maximum absolute atomic E-state index is 11.5. The zero-order chi connectivity index (χ0) is 11.0. The number of carbonyl (C=O) groups is 2. The Morgan fingerprint density at radius 1 is 1.13 bits per heavy atom. The minimum Gasteiger partial charge on any atom is -0.302 e. The molecule has 0 radical (unpaired) electrons. The van der Waals surface area contributed by atoms with Crippen molar-refractivity contribution in [2.75, 3.05) is 11.4 Å². The van der Waals surface area contributed by atoms with Crippen LogP contribution in [-0.4, -0.2) is 18.2 Å². The second kappa shape index (κ2) is 3.83. The maximum Gasteiger partial charge on any atom is 0.235 e. The average molecular weight is 244 g/mol. The quantitative estimate of drug-likeness (QED) is 0.711. The minimum absolute atomic E-state index is 0.0578. The number of nitrogens with zero attached hydrogens (tertiary/aromatic N) is 1. The molecule has 1 heterocycles. The molecule has 3 nitrogen and oxygen atoms in total. The third kappa shape index (κ3) is 1.85. The number of para-hydroxylation sites is 1. The van der Waals surface area contributed by atoms with Crippen molar-refractivity contribution in [2.24, 2.45) is 0 Å². The smallest absolute Gasteiger partial charge is 0.235 e. The van der Waals surface area contributed by atoms with Gasteiger partial charge in [-0.2, -0.15) is 0 Å². The van der Waals surface area contributed by atoms with E-state index in [-0.39, 0.29) is 24.7 Å². The van der Waals surface area contributed by atoms with E-state index in [9.17, 15) is 9.59 Å². The number of benzene rings is 1. The van der Waals surface area contributed by atoms with Gasteiger partial charge < -0.3 is 4.90 Å². The molecule has 78 valence electrons. The molecule has 0 saturated carbocycles. The van der Waals surface area contributed by atoms with Gasteiger partial charge in [0, 0.05) is 0 Å². The summed E-state index contributed by atoms with van der Waals surface area (Å²) < 4.78 is 0. The molecule has 1 aromatic rings. The lowest BCUT2D eigenvalue weighted by Crippen LogP contribution is -2.25. The van der Waals surface area contributed by atoms with Crippen molar-refractivity contribution in [3.8, 4) is 0 Å². The van der Waals surface area contributed by atoms with Gasteiger partial charge in [0.15, 0.2) is 5.78 Å². The van der Waals surface area contributed by atoms with E-state index in [1.807, 2.05) is 0 Å². The zero-order valence-electron chi connectivity index (χ0n) is 7.67. The Morgan fingerprint density at radius 2 is 1.73 bits per heavy atom. The SMILES string of the molecule is O=C1CC(=O)N(c2c(Cl)cccc2Cl)C1.